The minimum atomic E-state index is -4.91. The van der Waals surface area contributed by atoms with Crippen molar-refractivity contribution in [2.24, 2.45) is 0 Å². The van der Waals surface area contributed by atoms with Crippen LogP contribution in [0.25, 0.3) is 83.4 Å². The number of fused-ring (bicyclic) bond motifs is 6. The van der Waals surface area contributed by atoms with Gasteiger partial charge in [-0.15, -0.1) is 0 Å². The summed E-state index contributed by atoms with van der Waals surface area (Å²) in [4.78, 5) is 4.78. The molecule has 0 aliphatic heterocycles. The quantitative estimate of drug-likeness (QED) is 0.112. The third-order valence-electron chi connectivity index (χ3n) is 14.5. The van der Waals surface area contributed by atoms with Crippen LogP contribution in [-0.4, -0.2) is 14.1 Å². The Morgan fingerprint density at radius 3 is 1.85 bits per heavy atom. The summed E-state index contributed by atoms with van der Waals surface area (Å²) in [6, 6.07) is 24.0. The molecule has 13 rings (SSSR count). The van der Waals surface area contributed by atoms with Crippen molar-refractivity contribution in [1.82, 2.24) is 14.1 Å². The molecule has 5 heteroatoms. The van der Waals surface area contributed by atoms with Crippen LogP contribution in [0.3, 0.4) is 0 Å². The summed E-state index contributed by atoms with van der Waals surface area (Å²) in [6.45, 7) is -33.6. The molecule has 0 bridgehead atoms. The van der Waals surface area contributed by atoms with Crippen LogP contribution in [0, 0.1) is 13.2 Å². The van der Waals surface area contributed by atoms with Crippen molar-refractivity contribution in [3.63, 3.8) is 0 Å². The average molecular weight is 1090 g/mol. The Morgan fingerprint density at radius 1 is 0.562 bits per heavy atom. The maximum absolute atomic E-state index is 10.6. The molecule has 3 heterocycles. The maximum atomic E-state index is 10.6. The lowest BCUT2D eigenvalue weighted by molar-refractivity contribution is -0.571. The molecule has 11 aromatic rings. The van der Waals surface area contributed by atoms with Gasteiger partial charge in [0.25, 0.3) is 6.33 Å². The van der Waals surface area contributed by atoms with Crippen molar-refractivity contribution in [2.45, 2.75) is 135 Å². The minimum absolute atomic E-state index is 0.0214. The lowest BCUT2D eigenvalue weighted by atomic mass is 9.62. The third kappa shape index (κ3) is 8.67. The molecule has 400 valence electrons. The van der Waals surface area contributed by atoms with Gasteiger partial charge in [-0.05, 0) is 181 Å². The van der Waals surface area contributed by atoms with E-state index >= 15 is 0 Å². The molecule has 0 fully saturated rings. The van der Waals surface area contributed by atoms with Crippen LogP contribution in [0.2, 0.25) is 0 Å². The Kier molecular flexibility index (Phi) is 5.38. The second kappa shape index (κ2) is 18.5. The van der Waals surface area contributed by atoms with E-state index < -0.39 is 195 Å². The molecule has 8 aromatic carbocycles. The average Bonchev–Trinajstić information content (AvgIpc) is 0.929. The Bertz CT molecular complexity index is 5850. The first-order valence-electron chi connectivity index (χ1n) is 45.8. The van der Waals surface area contributed by atoms with Gasteiger partial charge in [0, 0.05) is 71.0 Å². The van der Waals surface area contributed by atoms with E-state index in [0.717, 1.165) is 44.6 Å². The Labute approximate surface area is 531 Å². The molecule has 0 spiro atoms. The molecular formula is C75H74N4O. The molecule has 0 amide bonds. The zero-order valence-corrected chi connectivity index (χ0v) is 43.1. The van der Waals surface area contributed by atoms with Gasteiger partial charge in [0.05, 0.1) is 41.7 Å². The predicted molar refractivity (Wildman–Crippen MR) is 333 cm³/mol. The van der Waals surface area contributed by atoms with Crippen molar-refractivity contribution < 1.29 is 65.5 Å². The Balaban J connectivity index is 1.24. The number of nitrogens with zero attached hydrogens (tertiary/aromatic N) is 4. The van der Waals surface area contributed by atoms with Crippen molar-refractivity contribution in [3.05, 3.63) is 222 Å². The van der Waals surface area contributed by atoms with E-state index in [4.69, 9.17) is 46.7 Å². The summed E-state index contributed by atoms with van der Waals surface area (Å²) in [7, 11) is 0. The molecule has 0 saturated carbocycles. The molecule has 0 saturated heterocycles. The van der Waals surface area contributed by atoms with Crippen LogP contribution in [0.15, 0.2) is 182 Å². The molecule has 5 nitrogen and oxygen atoms in total. The van der Waals surface area contributed by atoms with E-state index in [1.54, 1.807) is 18.3 Å². The monoisotopic (exact) mass is 1090 g/mol. The van der Waals surface area contributed by atoms with Crippen molar-refractivity contribution in [3.8, 4) is 62.1 Å². The standard InChI is InChI=1S/C75H74N4O/c1-48-19-13-14-22-56(48)51-29-34-66-68(43-51)78(47-77(66)53-20-17-21-54(45-53)80-55-30-31-60-59-23-15-16-26-65(59)79(67(60)46-55)69-44-52(35-40-76-69)71(2,3)4)70-57(49-27-32-61-63(41-49)74(9,10)38-36-72(61,5)6)24-18-25-58(70)50-28-33-62-64(42-50)75(11,12)39-37-73(62,7)8/h13-35,40-46H,36-39H2,1-12H3/i1D3,5D3,6D3,7D3,8D3,9D3,10D3,11D3,12D3,27D,28D,32D,33D,36D2,37D2,38D2,39D2,41D,42D. The summed E-state index contributed by atoms with van der Waals surface area (Å²) in [5.74, 6) is 0.864. The molecule has 3 aromatic heterocycles. The van der Waals surface area contributed by atoms with Crippen LogP contribution in [0.4, 0.5) is 0 Å². The smallest absolute Gasteiger partial charge is 0.269 e. The van der Waals surface area contributed by atoms with Gasteiger partial charge >= 0.3 is 0 Å². The number of para-hydroxylation sites is 2. The van der Waals surface area contributed by atoms with Gasteiger partial charge in [0.15, 0.2) is 0 Å². The normalized spacial score (nSPS) is 27.7. The second-order valence-corrected chi connectivity index (χ2v) is 21.0. The van der Waals surface area contributed by atoms with Gasteiger partial charge < -0.3 is 4.74 Å². The van der Waals surface area contributed by atoms with Gasteiger partial charge in [-0.2, -0.15) is 0 Å². The fraction of sp³-hybridized carbons (Fsp3) is 0.280. The summed E-state index contributed by atoms with van der Waals surface area (Å²) < 4.78 is 393. The number of benzene rings is 8. The zero-order valence-electron chi connectivity index (χ0n) is 84.1. The predicted octanol–water partition coefficient (Wildman–Crippen LogP) is 19.3. The third-order valence-corrected chi connectivity index (χ3v) is 14.5. The van der Waals surface area contributed by atoms with Gasteiger partial charge in [-0.1, -0.05) is 191 Å². The number of pyridine rings is 1. The lowest BCUT2D eigenvalue weighted by Gasteiger charge is -2.42. The van der Waals surface area contributed by atoms with E-state index in [1.807, 2.05) is 67.8 Å². The van der Waals surface area contributed by atoms with E-state index in [1.165, 1.54) is 71.3 Å². The number of hydrogen-bond acceptors (Lipinski definition) is 2. The number of hydrogen-bond donors (Lipinski definition) is 0. The summed E-state index contributed by atoms with van der Waals surface area (Å²) in [5, 5.41) is 1.65. The van der Waals surface area contributed by atoms with E-state index in [2.05, 4.69) is 6.33 Å². The molecule has 80 heavy (non-hydrogen) atoms. The highest BCUT2D eigenvalue weighted by Crippen LogP contribution is 2.50. The summed E-state index contributed by atoms with van der Waals surface area (Å²) >= 11 is 0. The maximum Gasteiger partial charge on any atom is 0.269 e. The number of aryl methyl sites for hydroxylation is 1. The first-order valence-corrected chi connectivity index (χ1v) is 25.3. The fourth-order valence-corrected chi connectivity index (χ4v) is 10.5. The van der Waals surface area contributed by atoms with E-state index in [0.29, 0.717) is 11.3 Å². The molecule has 0 N–H and O–H groups in total. The van der Waals surface area contributed by atoms with Crippen molar-refractivity contribution >= 4 is 32.8 Å². The first-order chi connectivity index (χ1) is 55.0. The molecule has 0 radical (unpaired) electrons. The SMILES string of the molecule is [2H]c1c([2H])c2c(c([2H])c1-c1cccc(-c3c([2H])c([2H])c4c(c3[2H])C(C([2H])([2H])[2H])(C([2H])([2H])[2H])C([2H])([2H])C([2H])([2H])C4(C([2H])([2H])[2H])C([2H])([2H])[2H])c1-[n+]1[c-]n(-c3cccc(Oc4ccc5c6ccccc6n(-c6cc(C(C)(C)C)ccn6)c5c4)c3)c3ccc(-c4ccccc4C([2H])([2H])[2H])cc31)C(C([2H])([2H])[2H])(C([2H])([2H])[2H])C([2H])([2H])C([2H])([2H])C2(C([2H])([2H])[2H])C([2H])([2H])[2H]. The molecule has 0 unspecified atom stereocenters. The van der Waals surface area contributed by atoms with Crippen LogP contribution < -0.4 is 9.30 Å². The number of ether oxygens (including phenoxy) is 1. The van der Waals surface area contributed by atoms with Crippen LogP contribution in [0.5, 0.6) is 11.5 Å². The highest BCUT2D eigenvalue weighted by Gasteiger charge is 2.39. The zero-order chi connectivity index (χ0) is 90.6. The largest absolute Gasteiger partial charge is 0.458 e. The van der Waals surface area contributed by atoms with Crippen LogP contribution >= 0.6 is 0 Å². The van der Waals surface area contributed by atoms with Gasteiger partial charge in [-0.3, -0.25) is 13.7 Å². The number of rotatable bonds is 8. The molecule has 2 aliphatic rings. The van der Waals surface area contributed by atoms with E-state index in [-0.39, 0.29) is 50.3 Å². The first kappa shape index (κ1) is 23.2. The van der Waals surface area contributed by atoms with Crippen molar-refractivity contribution in [2.75, 3.05) is 0 Å². The van der Waals surface area contributed by atoms with Gasteiger partial charge in [0.1, 0.15) is 17.3 Å². The topological polar surface area (TPSA) is 35.9 Å². The van der Waals surface area contributed by atoms with Crippen LogP contribution in [0.1, 0.15) is 191 Å². The molecule has 0 atom stereocenters. The van der Waals surface area contributed by atoms with Gasteiger partial charge in [0.2, 0.25) is 0 Å². The Hall–Kier alpha value is -8.02. The number of imidazole rings is 1. The van der Waals surface area contributed by atoms with Crippen molar-refractivity contribution in [1.29, 1.82) is 0 Å². The fourth-order valence-electron chi connectivity index (χ4n) is 10.5. The van der Waals surface area contributed by atoms with Gasteiger partial charge in [-0.25, -0.2) is 4.98 Å². The molecule has 2 aliphatic carbocycles. The van der Waals surface area contributed by atoms with Crippen LogP contribution in [-0.2, 0) is 27.1 Å². The number of aromatic nitrogens is 4. The van der Waals surface area contributed by atoms with E-state index in [9.17, 15) is 19.2 Å². The highest BCUT2D eigenvalue weighted by molar-refractivity contribution is 6.09. The summed E-state index contributed by atoms with van der Waals surface area (Å²) in [5.41, 5.74) is -31.3. The lowest BCUT2D eigenvalue weighted by Crippen LogP contribution is -2.34. The highest BCUT2D eigenvalue weighted by atomic mass is 16.5. The Morgan fingerprint density at radius 2 is 1.18 bits per heavy atom. The molecular weight excluding hydrogens is 973 g/mol. The second-order valence-electron chi connectivity index (χ2n) is 21.0. The summed E-state index contributed by atoms with van der Waals surface area (Å²) in [6.07, 6.45) is -14.7. The minimum Gasteiger partial charge on any atom is -0.458 e.